The quantitative estimate of drug-likeness (QED) is 0.685. The SMILES string of the molecule is CCNC(=O)c1ccc(F)c(COc2nsc(S(C)(=O)=O)c2C(=O)OC)c1. The van der Waals surface area contributed by atoms with Crippen LogP contribution in [0.2, 0.25) is 0 Å². The molecular weight excluding hydrogens is 399 g/mol. The molecule has 0 fully saturated rings. The molecule has 0 saturated carbocycles. The highest BCUT2D eigenvalue weighted by Gasteiger charge is 2.29. The number of carbonyl (C=O) groups excluding carboxylic acids is 2. The van der Waals surface area contributed by atoms with Crippen molar-refractivity contribution in [3.05, 3.63) is 40.7 Å². The third-order valence-electron chi connectivity index (χ3n) is 3.37. The van der Waals surface area contributed by atoms with Crippen LogP contribution >= 0.6 is 11.5 Å². The molecule has 11 heteroatoms. The molecule has 0 aliphatic rings. The number of halogens is 1. The molecule has 0 atom stereocenters. The van der Waals surface area contributed by atoms with E-state index in [9.17, 15) is 22.4 Å². The number of carbonyl (C=O) groups is 2. The Hall–Kier alpha value is -2.53. The number of esters is 1. The third-order valence-corrected chi connectivity index (χ3v) is 6.00. The van der Waals surface area contributed by atoms with E-state index in [0.29, 0.717) is 18.1 Å². The van der Waals surface area contributed by atoms with Crippen LogP contribution < -0.4 is 10.1 Å². The summed E-state index contributed by atoms with van der Waals surface area (Å²) in [5, 5.41) is 2.59. The summed E-state index contributed by atoms with van der Waals surface area (Å²) in [5.41, 5.74) is -0.0612. The Kier molecular flexibility index (Phi) is 6.50. The van der Waals surface area contributed by atoms with E-state index >= 15 is 0 Å². The zero-order valence-electron chi connectivity index (χ0n) is 14.7. The molecule has 146 valence electrons. The molecular formula is C16H17FN2O6S2. The monoisotopic (exact) mass is 416 g/mol. The lowest BCUT2D eigenvalue weighted by Crippen LogP contribution is -2.22. The summed E-state index contributed by atoms with van der Waals surface area (Å²) in [6, 6.07) is 3.75. The Morgan fingerprint density at radius 2 is 2.04 bits per heavy atom. The van der Waals surface area contributed by atoms with Crippen molar-refractivity contribution in [3.63, 3.8) is 0 Å². The molecule has 0 bridgehead atoms. The number of sulfone groups is 1. The minimum absolute atomic E-state index is 0.0449. The molecule has 0 aliphatic heterocycles. The second kappa shape index (κ2) is 8.44. The zero-order chi connectivity index (χ0) is 20.2. The Morgan fingerprint density at radius 1 is 1.33 bits per heavy atom. The Morgan fingerprint density at radius 3 is 2.63 bits per heavy atom. The van der Waals surface area contributed by atoms with Crippen molar-refractivity contribution in [2.75, 3.05) is 19.9 Å². The summed E-state index contributed by atoms with van der Waals surface area (Å²) in [6.45, 7) is 1.80. The Balaban J connectivity index is 2.32. The van der Waals surface area contributed by atoms with Gasteiger partial charge in [-0.2, -0.15) is 4.37 Å². The van der Waals surface area contributed by atoms with Crippen molar-refractivity contribution >= 4 is 33.2 Å². The van der Waals surface area contributed by atoms with E-state index in [2.05, 4.69) is 14.4 Å². The second-order valence-corrected chi connectivity index (χ2v) is 8.35. The van der Waals surface area contributed by atoms with E-state index in [1.54, 1.807) is 6.92 Å². The van der Waals surface area contributed by atoms with Crippen molar-refractivity contribution < 1.29 is 31.9 Å². The lowest BCUT2D eigenvalue weighted by molar-refractivity contribution is 0.0591. The van der Waals surface area contributed by atoms with Gasteiger partial charge in [0, 0.05) is 23.9 Å². The molecule has 1 N–H and O–H groups in total. The fraction of sp³-hybridized carbons (Fsp3) is 0.312. The van der Waals surface area contributed by atoms with Gasteiger partial charge in [-0.15, -0.1) is 0 Å². The van der Waals surface area contributed by atoms with Crippen molar-refractivity contribution in [2.24, 2.45) is 0 Å². The van der Waals surface area contributed by atoms with Gasteiger partial charge in [-0.25, -0.2) is 17.6 Å². The number of ether oxygens (including phenoxy) is 2. The number of hydrogen-bond donors (Lipinski definition) is 1. The second-order valence-electron chi connectivity index (χ2n) is 5.37. The highest BCUT2D eigenvalue weighted by Crippen LogP contribution is 2.31. The minimum Gasteiger partial charge on any atom is -0.471 e. The van der Waals surface area contributed by atoms with Crippen molar-refractivity contribution in [1.82, 2.24) is 9.69 Å². The van der Waals surface area contributed by atoms with Gasteiger partial charge in [0.05, 0.1) is 7.11 Å². The molecule has 1 amide bonds. The van der Waals surface area contributed by atoms with E-state index in [-0.39, 0.29) is 39.3 Å². The first-order chi connectivity index (χ1) is 12.7. The van der Waals surface area contributed by atoms with Crippen LogP contribution in [0.15, 0.2) is 22.4 Å². The first-order valence-electron chi connectivity index (χ1n) is 7.66. The number of nitrogens with zero attached hydrogens (tertiary/aromatic N) is 1. The van der Waals surface area contributed by atoms with Gasteiger partial charge in [0.15, 0.2) is 19.6 Å². The molecule has 1 aromatic carbocycles. The molecule has 1 heterocycles. The topological polar surface area (TPSA) is 112 Å². The van der Waals surface area contributed by atoms with Crippen molar-refractivity contribution in [3.8, 4) is 5.88 Å². The first kappa shape index (κ1) is 20.8. The minimum atomic E-state index is -3.73. The van der Waals surface area contributed by atoms with Crippen LogP contribution in [0, 0.1) is 5.82 Å². The van der Waals surface area contributed by atoms with E-state index in [1.807, 2.05) is 0 Å². The van der Waals surface area contributed by atoms with Crippen LogP contribution in [0.4, 0.5) is 4.39 Å². The van der Waals surface area contributed by atoms with Crippen LogP contribution in [0.25, 0.3) is 0 Å². The predicted octanol–water partition coefficient (Wildman–Crippen LogP) is 1.80. The molecule has 2 aromatic rings. The van der Waals surface area contributed by atoms with Gasteiger partial charge >= 0.3 is 5.97 Å². The van der Waals surface area contributed by atoms with Crippen LogP contribution in [-0.4, -0.2) is 44.6 Å². The summed E-state index contributed by atoms with van der Waals surface area (Å²) < 4.78 is 51.1. The number of aromatic nitrogens is 1. The highest BCUT2D eigenvalue weighted by atomic mass is 32.2. The fourth-order valence-electron chi connectivity index (χ4n) is 2.12. The summed E-state index contributed by atoms with van der Waals surface area (Å²) in [6.07, 6.45) is 0.923. The molecule has 0 aliphatic carbocycles. The average Bonchev–Trinajstić information content (AvgIpc) is 3.04. The van der Waals surface area contributed by atoms with E-state index in [4.69, 9.17) is 4.74 Å². The number of hydrogen-bond acceptors (Lipinski definition) is 8. The molecule has 2 rings (SSSR count). The largest absolute Gasteiger partial charge is 0.471 e. The number of amides is 1. The van der Waals surface area contributed by atoms with Crippen molar-refractivity contribution in [2.45, 2.75) is 17.7 Å². The molecule has 8 nitrogen and oxygen atoms in total. The number of benzene rings is 1. The highest BCUT2D eigenvalue weighted by molar-refractivity contribution is 7.92. The van der Waals surface area contributed by atoms with Crippen LogP contribution in [-0.2, 0) is 21.2 Å². The molecule has 0 saturated heterocycles. The Bertz CT molecular complexity index is 971. The summed E-state index contributed by atoms with van der Waals surface area (Å²) in [7, 11) is -2.65. The van der Waals surface area contributed by atoms with Gasteiger partial charge in [-0.3, -0.25) is 4.79 Å². The first-order valence-corrected chi connectivity index (χ1v) is 10.3. The standard InChI is InChI=1S/C16H17FN2O6S2/c1-4-18-13(20)9-5-6-11(17)10(7-9)8-25-14-12(15(21)24-2)16(26-19-14)27(3,22)23/h5-7H,4,8H2,1-3H3,(H,18,20). The summed E-state index contributed by atoms with van der Waals surface area (Å²) in [4.78, 5) is 23.8. The van der Waals surface area contributed by atoms with Crippen LogP contribution in [0.3, 0.4) is 0 Å². The van der Waals surface area contributed by atoms with Gasteiger partial charge in [-0.1, -0.05) is 0 Å². The molecule has 0 unspecified atom stereocenters. The van der Waals surface area contributed by atoms with Gasteiger partial charge in [-0.05, 0) is 36.7 Å². The van der Waals surface area contributed by atoms with Gasteiger partial charge in [0.2, 0.25) is 5.88 Å². The van der Waals surface area contributed by atoms with Crippen LogP contribution in [0.1, 0.15) is 33.2 Å². The zero-order valence-corrected chi connectivity index (χ0v) is 16.4. The number of methoxy groups -OCH3 is 1. The number of rotatable bonds is 7. The summed E-state index contributed by atoms with van der Waals surface area (Å²) in [5.74, 6) is -2.21. The predicted molar refractivity (Wildman–Crippen MR) is 95.3 cm³/mol. The van der Waals surface area contributed by atoms with E-state index in [0.717, 1.165) is 19.4 Å². The maximum atomic E-state index is 14.0. The normalized spacial score (nSPS) is 11.1. The average molecular weight is 416 g/mol. The number of nitrogens with one attached hydrogen (secondary N) is 1. The summed E-state index contributed by atoms with van der Waals surface area (Å²) >= 11 is 0.559. The van der Waals surface area contributed by atoms with Crippen molar-refractivity contribution in [1.29, 1.82) is 0 Å². The maximum absolute atomic E-state index is 14.0. The molecule has 1 aromatic heterocycles. The van der Waals surface area contributed by atoms with Crippen LogP contribution in [0.5, 0.6) is 5.88 Å². The van der Waals surface area contributed by atoms with Gasteiger partial charge < -0.3 is 14.8 Å². The molecule has 27 heavy (non-hydrogen) atoms. The van der Waals surface area contributed by atoms with Gasteiger partial charge in [0.1, 0.15) is 12.4 Å². The van der Waals surface area contributed by atoms with E-state index in [1.165, 1.54) is 12.1 Å². The Labute approximate surface area is 159 Å². The maximum Gasteiger partial charge on any atom is 0.345 e. The smallest absolute Gasteiger partial charge is 0.345 e. The third kappa shape index (κ3) is 4.80. The lowest BCUT2D eigenvalue weighted by Gasteiger charge is -2.09. The molecule has 0 spiro atoms. The fourth-order valence-corrected chi connectivity index (χ4v) is 3.89. The molecule has 0 radical (unpaired) electrons. The van der Waals surface area contributed by atoms with Gasteiger partial charge in [0.25, 0.3) is 5.91 Å². The van der Waals surface area contributed by atoms with E-state index < -0.39 is 21.6 Å². The lowest BCUT2D eigenvalue weighted by atomic mass is 10.1.